The van der Waals surface area contributed by atoms with Gasteiger partial charge in [-0.25, -0.2) is 9.97 Å². The summed E-state index contributed by atoms with van der Waals surface area (Å²) in [5.41, 5.74) is 1.60. The van der Waals surface area contributed by atoms with Crippen molar-refractivity contribution in [3.63, 3.8) is 0 Å². The van der Waals surface area contributed by atoms with Crippen molar-refractivity contribution in [1.82, 2.24) is 15.3 Å². The number of rotatable bonds is 6. The van der Waals surface area contributed by atoms with Crippen LogP contribution in [-0.4, -0.2) is 22.4 Å². The fourth-order valence-corrected chi connectivity index (χ4v) is 3.13. The first-order valence-electron chi connectivity index (χ1n) is 7.83. The van der Waals surface area contributed by atoms with Crippen molar-refractivity contribution in [3.8, 4) is 0 Å². The standard InChI is InChI=1S/C18H19N3O2S/c1-12(2)10-21-17(22)16-14(11-24-18-19-8-5-9-20-18)13-6-3-4-7-15(13)23-16/h3-9,12H,10-11H2,1-2H3,(H,21,22). The van der Waals surface area contributed by atoms with Crippen molar-refractivity contribution >= 4 is 28.6 Å². The molecule has 124 valence electrons. The quantitative estimate of drug-likeness (QED) is 0.544. The van der Waals surface area contributed by atoms with Crippen LogP contribution in [0.15, 0.2) is 52.3 Å². The number of carbonyl (C=O) groups excluding carboxylic acids is 1. The zero-order chi connectivity index (χ0) is 16.9. The number of furan rings is 1. The van der Waals surface area contributed by atoms with E-state index in [1.165, 1.54) is 11.8 Å². The fourth-order valence-electron chi connectivity index (χ4n) is 2.30. The minimum absolute atomic E-state index is 0.176. The average Bonchev–Trinajstić information content (AvgIpc) is 2.97. The van der Waals surface area contributed by atoms with Gasteiger partial charge in [-0.05, 0) is 18.1 Å². The minimum Gasteiger partial charge on any atom is -0.451 e. The van der Waals surface area contributed by atoms with Crippen LogP contribution in [0, 0.1) is 5.92 Å². The molecule has 0 fully saturated rings. The molecule has 5 nitrogen and oxygen atoms in total. The molecule has 0 aliphatic heterocycles. The molecule has 1 aromatic carbocycles. The van der Waals surface area contributed by atoms with Gasteiger partial charge in [-0.1, -0.05) is 43.8 Å². The van der Waals surface area contributed by atoms with Crippen LogP contribution in [-0.2, 0) is 5.75 Å². The molecule has 0 aliphatic carbocycles. The second kappa shape index (κ2) is 7.49. The number of benzene rings is 1. The molecule has 0 spiro atoms. The van der Waals surface area contributed by atoms with E-state index < -0.39 is 0 Å². The Balaban J connectivity index is 1.88. The molecule has 3 aromatic rings. The van der Waals surface area contributed by atoms with E-state index in [2.05, 4.69) is 29.1 Å². The highest BCUT2D eigenvalue weighted by molar-refractivity contribution is 7.98. The first-order chi connectivity index (χ1) is 11.6. The maximum absolute atomic E-state index is 12.5. The number of nitrogens with zero attached hydrogens (tertiary/aromatic N) is 2. The van der Waals surface area contributed by atoms with E-state index >= 15 is 0 Å². The van der Waals surface area contributed by atoms with Crippen LogP contribution in [0.3, 0.4) is 0 Å². The van der Waals surface area contributed by atoms with Crippen LogP contribution >= 0.6 is 11.8 Å². The van der Waals surface area contributed by atoms with Crippen LogP contribution in [0.2, 0.25) is 0 Å². The molecular weight excluding hydrogens is 322 g/mol. The lowest BCUT2D eigenvalue weighted by Gasteiger charge is -2.07. The Bertz CT molecular complexity index is 831. The Morgan fingerprint density at radius 2 is 1.96 bits per heavy atom. The van der Waals surface area contributed by atoms with E-state index in [9.17, 15) is 4.79 Å². The highest BCUT2D eigenvalue weighted by Crippen LogP contribution is 2.30. The van der Waals surface area contributed by atoms with Gasteiger partial charge in [0.15, 0.2) is 10.9 Å². The van der Waals surface area contributed by atoms with Crippen molar-refractivity contribution in [2.75, 3.05) is 6.54 Å². The molecule has 1 N–H and O–H groups in total. The van der Waals surface area contributed by atoms with Gasteiger partial charge < -0.3 is 9.73 Å². The predicted octanol–water partition coefficient (Wildman–Crippen LogP) is 3.90. The number of hydrogen-bond acceptors (Lipinski definition) is 5. The molecule has 2 aromatic heterocycles. The third kappa shape index (κ3) is 3.76. The molecule has 0 saturated heterocycles. The number of fused-ring (bicyclic) bond motifs is 1. The van der Waals surface area contributed by atoms with E-state index in [0.717, 1.165) is 16.5 Å². The van der Waals surface area contributed by atoms with E-state index in [1.54, 1.807) is 18.5 Å². The maximum atomic E-state index is 12.5. The summed E-state index contributed by atoms with van der Waals surface area (Å²) in [6.45, 7) is 4.73. The Morgan fingerprint density at radius 1 is 1.21 bits per heavy atom. The third-order valence-electron chi connectivity index (χ3n) is 3.46. The average molecular weight is 341 g/mol. The number of aromatic nitrogens is 2. The molecule has 0 bridgehead atoms. The van der Waals surface area contributed by atoms with Crippen LogP contribution in [0.1, 0.15) is 30.0 Å². The number of hydrogen-bond donors (Lipinski definition) is 1. The summed E-state index contributed by atoms with van der Waals surface area (Å²) in [5.74, 6) is 1.16. The highest BCUT2D eigenvalue weighted by Gasteiger charge is 2.20. The van der Waals surface area contributed by atoms with Crippen LogP contribution in [0.5, 0.6) is 0 Å². The smallest absolute Gasteiger partial charge is 0.287 e. The summed E-state index contributed by atoms with van der Waals surface area (Å²) in [4.78, 5) is 20.9. The van der Waals surface area contributed by atoms with Gasteiger partial charge in [-0.15, -0.1) is 0 Å². The Hall–Kier alpha value is -2.34. The van der Waals surface area contributed by atoms with Crippen LogP contribution in [0.4, 0.5) is 0 Å². The van der Waals surface area contributed by atoms with Gasteiger partial charge in [0.2, 0.25) is 0 Å². The van der Waals surface area contributed by atoms with Crippen molar-refractivity contribution in [2.24, 2.45) is 5.92 Å². The van der Waals surface area contributed by atoms with E-state index in [4.69, 9.17) is 4.42 Å². The largest absolute Gasteiger partial charge is 0.451 e. The molecule has 0 aliphatic rings. The Kier molecular flexibility index (Phi) is 5.15. The van der Waals surface area contributed by atoms with E-state index in [1.807, 2.05) is 24.3 Å². The van der Waals surface area contributed by atoms with Crippen LogP contribution < -0.4 is 5.32 Å². The lowest BCUT2D eigenvalue weighted by atomic mass is 10.1. The summed E-state index contributed by atoms with van der Waals surface area (Å²) in [5, 5.41) is 4.56. The Morgan fingerprint density at radius 3 is 2.71 bits per heavy atom. The van der Waals surface area contributed by atoms with Gasteiger partial charge >= 0.3 is 0 Å². The van der Waals surface area contributed by atoms with Crippen LogP contribution in [0.25, 0.3) is 11.0 Å². The van der Waals surface area contributed by atoms with Gasteiger partial charge in [0.25, 0.3) is 5.91 Å². The molecule has 24 heavy (non-hydrogen) atoms. The molecule has 0 atom stereocenters. The second-order valence-electron chi connectivity index (χ2n) is 5.83. The summed E-state index contributed by atoms with van der Waals surface area (Å²) >= 11 is 1.49. The van der Waals surface area contributed by atoms with E-state index in [0.29, 0.717) is 29.1 Å². The zero-order valence-corrected chi connectivity index (χ0v) is 14.5. The monoisotopic (exact) mass is 341 g/mol. The van der Waals surface area contributed by atoms with Crippen molar-refractivity contribution in [1.29, 1.82) is 0 Å². The number of para-hydroxylation sites is 1. The number of amides is 1. The Labute approximate surface area is 144 Å². The second-order valence-corrected chi connectivity index (χ2v) is 6.77. The maximum Gasteiger partial charge on any atom is 0.287 e. The lowest BCUT2D eigenvalue weighted by molar-refractivity contribution is 0.0922. The van der Waals surface area contributed by atoms with Gasteiger partial charge in [0.05, 0.1) is 0 Å². The van der Waals surface area contributed by atoms with Gasteiger partial charge in [-0.3, -0.25) is 4.79 Å². The van der Waals surface area contributed by atoms with Gasteiger partial charge in [0.1, 0.15) is 5.58 Å². The SMILES string of the molecule is CC(C)CNC(=O)c1oc2ccccc2c1CSc1ncccn1. The van der Waals surface area contributed by atoms with Crippen molar-refractivity contribution in [2.45, 2.75) is 24.8 Å². The molecule has 0 radical (unpaired) electrons. The summed E-state index contributed by atoms with van der Waals surface area (Å²) in [7, 11) is 0. The number of nitrogens with one attached hydrogen (secondary N) is 1. The minimum atomic E-state index is -0.176. The first kappa shape index (κ1) is 16.5. The summed E-state index contributed by atoms with van der Waals surface area (Å²) in [6.07, 6.45) is 3.41. The van der Waals surface area contributed by atoms with Crippen molar-refractivity contribution in [3.05, 3.63) is 54.0 Å². The molecule has 0 unspecified atom stereocenters. The predicted molar refractivity (Wildman–Crippen MR) is 95.0 cm³/mol. The highest BCUT2D eigenvalue weighted by atomic mass is 32.2. The molecule has 1 amide bonds. The number of carbonyl (C=O) groups is 1. The molecule has 3 rings (SSSR count). The topological polar surface area (TPSA) is 68.0 Å². The zero-order valence-electron chi connectivity index (χ0n) is 13.7. The van der Waals surface area contributed by atoms with E-state index in [-0.39, 0.29) is 5.91 Å². The summed E-state index contributed by atoms with van der Waals surface area (Å²) < 4.78 is 5.82. The molecule has 2 heterocycles. The number of thioether (sulfide) groups is 1. The third-order valence-corrected chi connectivity index (χ3v) is 4.37. The normalized spacial score (nSPS) is 11.1. The van der Waals surface area contributed by atoms with Gasteiger partial charge in [-0.2, -0.15) is 0 Å². The summed E-state index contributed by atoms with van der Waals surface area (Å²) in [6, 6.07) is 9.48. The van der Waals surface area contributed by atoms with Gasteiger partial charge in [0, 0.05) is 35.6 Å². The molecule has 6 heteroatoms. The fraction of sp³-hybridized carbons (Fsp3) is 0.278. The lowest BCUT2D eigenvalue weighted by Crippen LogP contribution is -2.27. The molecule has 0 saturated carbocycles. The first-order valence-corrected chi connectivity index (χ1v) is 8.82. The molecular formula is C18H19N3O2S. The van der Waals surface area contributed by atoms with Crippen molar-refractivity contribution < 1.29 is 9.21 Å².